The third kappa shape index (κ3) is 27.6. The maximum Gasteiger partial charge on any atom is 0.397 e. The predicted octanol–water partition coefficient (Wildman–Crippen LogP) is 7.75. The number of aliphatic hydroxyl groups is 5. The fourth-order valence-corrected chi connectivity index (χ4v) is 7.97. The van der Waals surface area contributed by atoms with E-state index in [9.17, 15) is 38.7 Å². The lowest BCUT2D eigenvalue weighted by molar-refractivity contribution is -0.298. The molecule has 1 rings (SSSR count). The first-order chi connectivity index (χ1) is 27.9. The molecular formula is C44H85NO12S. The molecule has 1 saturated heterocycles. The first kappa shape index (κ1) is 54.8. The smallest absolute Gasteiger partial charge is 0.394 e. The van der Waals surface area contributed by atoms with Gasteiger partial charge in [-0.3, -0.25) is 9.35 Å². The number of carbonyl (C=O) groups is 1. The van der Waals surface area contributed by atoms with Crippen LogP contribution in [0.25, 0.3) is 0 Å². The van der Waals surface area contributed by atoms with E-state index in [2.05, 4.69) is 35.5 Å². The summed E-state index contributed by atoms with van der Waals surface area (Å²) in [5.74, 6) is -0.674. The van der Waals surface area contributed by atoms with Crippen molar-refractivity contribution in [2.24, 2.45) is 0 Å². The molecule has 344 valence electrons. The largest absolute Gasteiger partial charge is 0.397 e. The number of hydrogen-bond acceptors (Lipinski definition) is 11. The van der Waals surface area contributed by atoms with Gasteiger partial charge in [0.05, 0.1) is 25.4 Å². The van der Waals surface area contributed by atoms with Crippen molar-refractivity contribution in [1.82, 2.24) is 5.32 Å². The molecule has 0 aliphatic carbocycles. The summed E-state index contributed by atoms with van der Waals surface area (Å²) in [6.45, 7) is 3.26. The first-order valence-electron chi connectivity index (χ1n) is 23.2. The quantitative estimate of drug-likeness (QED) is 0.0180. The monoisotopic (exact) mass is 852 g/mol. The summed E-state index contributed by atoms with van der Waals surface area (Å²) in [5.41, 5.74) is 0. The summed E-state index contributed by atoms with van der Waals surface area (Å²) in [4.78, 5) is 13.1. The lowest BCUT2D eigenvalue weighted by Gasteiger charge is -2.41. The zero-order valence-electron chi connectivity index (χ0n) is 36.2. The highest BCUT2D eigenvalue weighted by atomic mass is 32.3. The molecule has 1 heterocycles. The average Bonchev–Trinajstić information content (AvgIpc) is 3.19. The van der Waals surface area contributed by atoms with Crippen LogP contribution in [-0.2, 0) is 28.9 Å². The van der Waals surface area contributed by atoms with Crippen LogP contribution in [0.1, 0.15) is 200 Å². The van der Waals surface area contributed by atoms with Crippen LogP contribution in [0.2, 0.25) is 0 Å². The van der Waals surface area contributed by atoms with Crippen LogP contribution < -0.4 is 5.32 Å². The molecule has 13 nitrogen and oxygen atoms in total. The second-order valence-corrected chi connectivity index (χ2v) is 17.5. The lowest BCUT2D eigenvalue weighted by atomic mass is 9.99. The van der Waals surface area contributed by atoms with E-state index in [-0.39, 0.29) is 6.42 Å². The van der Waals surface area contributed by atoms with Gasteiger partial charge < -0.3 is 40.3 Å². The van der Waals surface area contributed by atoms with Gasteiger partial charge in [-0.05, 0) is 38.5 Å². The van der Waals surface area contributed by atoms with Gasteiger partial charge in [-0.1, -0.05) is 174 Å². The highest BCUT2D eigenvalue weighted by molar-refractivity contribution is 7.80. The molecule has 14 heteroatoms. The SMILES string of the molecule is CCCCCCCCCC/C=C\CCCCCCCCC(O)C(=O)NC(COC1OC(CO)C(O)C(OS(=O)(=O)O)C1O)C(O)CCCCCCCCCCCCC. The van der Waals surface area contributed by atoms with Gasteiger partial charge in [0.25, 0.3) is 0 Å². The third-order valence-corrected chi connectivity index (χ3v) is 11.6. The van der Waals surface area contributed by atoms with Crippen LogP contribution in [0.5, 0.6) is 0 Å². The van der Waals surface area contributed by atoms with Crippen LogP contribution >= 0.6 is 0 Å². The maximum atomic E-state index is 13.1. The second kappa shape index (κ2) is 35.4. The number of nitrogens with one attached hydrogen (secondary N) is 1. The van der Waals surface area contributed by atoms with Crippen LogP contribution in [0.15, 0.2) is 12.2 Å². The van der Waals surface area contributed by atoms with Gasteiger partial charge in [-0.2, -0.15) is 8.42 Å². The Kier molecular flexibility index (Phi) is 33.5. The van der Waals surface area contributed by atoms with Gasteiger partial charge in [0.2, 0.25) is 5.91 Å². The molecule has 0 radical (unpaired) electrons. The Morgan fingerprint density at radius 2 is 1.10 bits per heavy atom. The molecule has 58 heavy (non-hydrogen) atoms. The van der Waals surface area contributed by atoms with Gasteiger partial charge in [0, 0.05) is 0 Å². The van der Waals surface area contributed by atoms with Crippen LogP contribution in [-0.4, -0.2) is 107 Å². The van der Waals surface area contributed by atoms with E-state index in [1.165, 1.54) is 103 Å². The topological polar surface area (TPSA) is 212 Å². The van der Waals surface area contributed by atoms with Crippen LogP contribution in [0, 0.1) is 0 Å². The Bertz CT molecular complexity index is 1110. The average molecular weight is 852 g/mol. The second-order valence-electron chi connectivity index (χ2n) is 16.5. The van der Waals surface area contributed by atoms with Crippen molar-refractivity contribution in [3.8, 4) is 0 Å². The Hall–Kier alpha value is -1.20. The highest BCUT2D eigenvalue weighted by Crippen LogP contribution is 2.26. The summed E-state index contributed by atoms with van der Waals surface area (Å²) < 4.78 is 47.5. The molecule has 0 aromatic carbocycles. The molecule has 1 aliphatic rings. The summed E-state index contributed by atoms with van der Waals surface area (Å²) in [5, 5.41) is 55.3. The highest BCUT2D eigenvalue weighted by Gasteiger charge is 2.48. The minimum atomic E-state index is -5.11. The molecule has 0 aromatic heterocycles. The standard InChI is InChI=1S/C44H85NO12S/c1-3-5-7-9-11-13-15-16-17-18-19-20-21-23-25-27-29-31-33-38(48)43(51)45-36(37(47)32-30-28-26-24-22-14-12-10-8-6-4-2)35-55-44-41(50)42(57-58(52,53)54)40(49)39(34-46)56-44/h18-19,36-42,44,46-50H,3-17,20-35H2,1-2H3,(H,45,51)(H,52,53,54)/b19-18-. The minimum Gasteiger partial charge on any atom is -0.394 e. The number of carbonyl (C=O) groups excluding carboxylic acids is 1. The van der Waals surface area contributed by atoms with Crippen LogP contribution in [0.3, 0.4) is 0 Å². The van der Waals surface area contributed by atoms with Gasteiger partial charge in [-0.15, -0.1) is 0 Å². The lowest BCUT2D eigenvalue weighted by Crippen LogP contribution is -2.61. The van der Waals surface area contributed by atoms with Crippen molar-refractivity contribution in [2.75, 3.05) is 13.2 Å². The van der Waals surface area contributed by atoms with Crippen molar-refractivity contribution in [2.45, 2.75) is 249 Å². The first-order valence-corrected chi connectivity index (χ1v) is 24.5. The fourth-order valence-electron chi connectivity index (χ4n) is 7.46. The van der Waals surface area contributed by atoms with Gasteiger partial charge >= 0.3 is 10.4 Å². The van der Waals surface area contributed by atoms with Gasteiger partial charge in [0.15, 0.2) is 6.29 Å². The van der Waals surface area contributed by atoms with Crippen molar-refractivity contribution >= 4 is 16.3 Å². The molecule has 0 spiro atoms. The number of rotatable bonds is 39. The molecule has 1 aliphatic heterocycles. The molecule has 0 bridgehead atoms. The Morgan fingerprint density at radius 1 is 0.672 bits per heavy atom. The summed E-state index contributed by atoms with van der Waals surface area (Å²) in [6.07, 6.45) is 25.5. The van der Waals surface area contributed by atoms with Gasteiger partial charge in [0.1, 0.15) is 30.5 Å². The van der Waals surface area contributed by atoms with E-state index in [0.29, 0.717) is 19.3 Å². The molecular weight excluding hydrogens is 767 g/mol. The van der Waals surface area contributed by atoms with Crippen molar-refractivity contribution in [3.05, 3.63) is 12.2 Å². The van der Waals surface area contributed by atoms with E-state index in [0.717, 1.165) is 57.8 Å². The third-order valence-electron chi connectivity index (χ3n) is 11.2. The van der Waals surface area contributed by atoms with E-state index in [4.69, 9.17) is 14.0 Å². The molecule has 7 N–H and O–H groups in total. The summed E-state index contributed by atoms with van der Waals surface area (Å²) >= 11 is 0. The predicted molar refractivity (Wildman–Crippen MR) is 228 cm³/mol. The van der Waals surface area contributed by atoms with E-state index in [1.807, 2.05) is 0 Å². The number of ether oxygens (including phenoxy) is 2. The van der Waals surface area contributed by atoms with Crippen molar-refractivity contribution in [1.29, 1.82) is 0 Å². The molecule has 8 unspecified atom stereocenters. The van der Waals surface area contributed by atoms with E-state index in [1.54, 1.807) is 0 Å². The number of aliphatic hydroxyl groups excluding tert-OH is 5. The fraction of sp³-hybridized carbons (Fsp3) is 0.932. The van der Waals surface area contributed by atoms with Crippen LogP contribution in [0.4, 0.5) is 0 Å². The molecule has 1 amide bonds. The number of amides is 1. The Labute approximate surface area is 352 Å². The van der Waals surface area contributed by atoms with Crippen molar-refractivity contribution < 1.29 is 57.0 Å². The summed E-state index contributed by atoms with van der Waals surface area (Å²) in [6, 6.07) is -1.03. The zero-order chi connectivity index (χ0) is 42.9. The summed E-state index contributed by atoms with van der Waals surface area (Å²) in [7, 11) is -5.11. The normalized spacial score (nSPS) is 21.7. The Morgan fingerprint density at radius 3 is 1.55 bits per heavy atom. The van der Waals surface area contributed by atoms with E-state index >= 15 is 0 Å². The van der Waals surface area contributed by atoms with E-state index < -0.39 is 78.5 Å². The molecule has 1 fully saturated rings. The number of allylic oxidation sites excluding steroid dienone is 2. The number of unbranched alkanes of at least 4 members (excludes halogenated alkanes) is 24. The van der Waals surface area contributed by atoms with Gasteiger partial charge in [-0.25, -0.2) is 4.18 Å². The molecule has 0 saturated carbocycles. The zero-order valence-corrected chi connectivity index (χ0v) is 37.1. The minimum absolute atomic E-state index is 0.255. The molecule has 8 atom stereocenters. The number of hydrogen-bond donors (Lipinski definition) is 7. The van der Waals surface area contributed by atoms with Crippen molar-refractivity contribution in [3.63, 3.8) is 0 Å². The Balaban J connectivity index is 2.53. The molecule has 0 aromatic rings. The maximum absolute atomic E-state index is 13.1.